The molecule has 1 aromatic heterocycles. The lowest BCUT2D eigenvalue weighted by atomic mass is 10.0. The fourth-order valence-corrected chi connectivity index (χ4v) is 4.56. The van der Waals surface area contributed by atoms with Gasteiger partial charge in [0.05, 0.1) is 25.4 Å². The van der Waals surface area contributed by atoms with Crippen molar-refractivity contribution in [1.82, 2.24) is 4.90 Å². The average molecular weight is 417 g/mol. The molecule has 0 aliphatic carbocycles. The number of rotatable bonds is 6. The van der Waals surface area contributed by atoms with Crippen LogP contribution in [-0.4, -0.2) is 55.2 Å². The van der Waals surface area contributed by atoms with Crippen LogP contribution in [0.25, 0.3) is 11.1 Å². The first-order chi connectivity index (χ1) is 13.9. The smallest absolute Gasteiger partial charge is 0.341 e. The number of hydrogen-bond acceptors (Lipinski definition) is 6. The van der Waals surface area contributed by atoms with E-state index in [1.807, 2.05) is 50.4 Å². The van der Waals surface area contributed by atoms with Crippen LogP contribution in [-0.2, 0) is 14.3 Å². The molecule has 2 heterocycles. The molecule has 156 valence electrons. The van der Waals surface area contributed by atoms with E-state index in [4.69, 9.17) is 9.47 Å². The molecular formula is C22H28N2O4S. The highest BCUT2D eigenvalue weighted by Crippen LogP contribution is 2.36. The number of carbonyl (C=O) groups is 2. The Bertz CT molecular complexity index is 852. The molecular weight excluding hydrogens is 388 g/mol. The minimum atomic E-state index is -0.423. The average Bonchev–Trinajstić information content (AvgIpc) is 3.05. The van der Waals surface area contributed by atoms with Gasteiger partial charge in [0.2, 0.25) is 5.91 Å². The van der Waals surface area contributed by atoms with Crippen molar-refractivity contribution in [2.75, 3.05) is 31.6 Å². The van der Waals surface area contributed by atoms with Crippen molar-refractivity contribution in [2.45, 2.75) is 39.9 Å². The van der Waals surface area contributed by atoms with Crippen molar-refractivity contribution < 1.29 is 19.1 Å². The summed E-state index contributed by atoms with van der Waals surface area (Å²) < 4.78 is 11.0. The summed E-state index contributed by atoms with van der Waals surface area (Å²) in [6.45, 7) is 9.76. The third-order valence-corrected chi connectivity index (χ3v) is 5.64. The van der Waals surface area contributed by atoms with E-state index in [1.165, 1.54) is 11.3 Å². The molecule has 1 fully saturated rings. The monoisotopic (exact) mass is 416 g/mol. The van der Waals surface area contributed by atoms with Crippen LogP contribution in [0.5, 0.6) is 0 Å². The van der Waals surface area contributed by atoms with Crippen LogP contribution in [0.1, 0.15) is 36.7 Å². The van der Waals surface area contributed by atoms with E-state index in [0.29, 0.717) is 23.7 Å². The lowest BCUT2D eigenvalue weighted by Crippen LogP contribution is -2.48. The number of amides is 1. The third-order valence-electron chi connectivity index (χ3n) is 4.75. The van der Waals surface area contributed by atoms with E-state index in [9.17, 15) is 9.59 Å². The maximum atomic E-state index is 12.7. The standard InChI is InChI=1S/C22H28N2O4S/c1-5-27-22(26)20-18(17-8-6-14(2)7-9-17)13-29-21(20)23-19(25)12-24-10-15(3)28-16(4)11-24/h6-9,13,15-16H,5,10-12H2,1-4H3,(H,23,25)/t15-,16-/m1/s1. The Morgan fingerprint density at radius 3 is 2.48 bits per heavy atom. The summed E-state index contributed by atoms with van der Waals surface area (Å²) in [4.78, 5) is 27.4. The topological polar surface area (TPSA) is 67.9 Å². The van der Waals surface area contributed by atoms with Gasteiger partial charge in [-0.15, -0.1) is 11.3 Å². The third kappa shape index (κ3) is 5.44. The highest BCUT2D eigenvalue weighted by atomic mass is 32.1. The molecule has 3 rings (SSSR count). The Morgan fingerprint density at radius 1 is 1.21 bits per heavy atom. The number of nitrogens with one attached hydrogen (secondary N) is 1. The number of anilines is 1. The van der Waals surface area contributed by atoms with Crippen molar-refractivity contribution in [3.63, 3.8) is 0 Å². The number of benzene rings is 1. The zero-order valence-electron chi connectivity index (χ0n) is 17.4. The van der Waals surface area contributed by atoms with Gasteiger partial charge in [0.15, 0.2) is 0 Å². The van der Waals surface area contributed by atoms with Gasteiger partial charge in [-0.2, -0.15) is 0 Å². The van der Waals surface area contributed by atoms with Crippen molar-refractivity contribution in [3.05, 3.63) is 40.8 Å². The van der Waals surface area contributed by atoms with Crippen molar-refractivity contribution in [3.8, 4) is 11.1 Å². The minimum absolute atomic E-state index is 0.0940. The molecule has 1 saturated heterocycles. The molecule has 0 radical (unpaired) electrons. The summed E-state index contributed by atoms with van der Waals surface area (Å²) in [5, 5.41) is 5.35. The fraction of sp³-hybridized carbons (Fsp3) is 0.455. The molecule has 29 heavy (non-hydrogen) atoms. The van der Waals surface area contributed by atoms with Crippen molar-refractivity contribution in [1.29, 1.82) is 0 Å². The number of ether oxygens (including phenoxy) is 2. The summed E-state index contributed by atoms with van der Waals surface area (Å²) in [6.07, 6.45) is 0.188. The molecule has 6 nitrogen and oxygen atoms in total. The molecule has 0 bridgehead atoms. The predicted molar refractivity (Wildman–Crippen MR) is 116 cm³/mol. The number of thiophene rings is 1. The maximum Gasteiger partial charge on any atom is 0.341 e. The second-order valence-corrected chi connectivity index (χ2v) is 8.32. The number of carbonyl (C=O) groups excluding carboxylic acids is 2. The molecule has 0 saturated carbocycles. The summed E-state index contributed by atoms with van der Waals surface area (Å²) in [5.41, 5.74) is 3.26. The number of morpholine rings is 1. The van der Waals surface area contributed by atoms with Crippen molar-refractivity contribution >= 4 is 28.2 Å². The molecule has 2 atom stereocenters. The van der Waals surface area contributed by atoms with E-state index in [1.54, 1.807) is 6.92 Å². The second kappa shape index (κ2) is 9.52. The van der Waals surface area contributed by atoms with Gasteiger partial charge < -0.3 is 14.8 Å². The molecule has 2 aromatic rings. The van der Waals surface area contributed by atoms with Gasteiger partial charge in [-0.25, -0.2) is 4.79 Å². The number of aryl methyl sites for hydroxylation is 1. The first kappa shape index (κ1) is 21.5. The molecule has 1 amide bonds. The molecule has 1 aliphatic rings. The Hall–Kier alpha value is -2.22. The van der Waals surface area contributed by atoms with Crippen LogP contribution in [0.4, 0.5) is 5.00 Å². The minimum Gasteiger partial charge on any atom is -0.462 e. The van der Waals surface area contributed by atoms with Crippen LogP contribution in [0, 0.1) is 6.92 Å². The Labute approximate surface area is 175 Å². The zero-order chi connectivity index (χ0) is 21.0. The molecule has 0 spiro atoms. The van der Waals surface area contributed by atoms with Crippen LogP contribution >= 0.6 is 11.3 Å². The van der Waals surface area contributed by atoms with Crippen LogP contribution < -0.4 is 5.32 Å². The van der Waals surface area contributed by atoms with Crippen molar-refractivity contribution in [2.24, 2.45) is 0 Å². The predicted octanol–water partition coefficient (Wildman–Crippen LogP) is 3.95. The summed E-state index contributed by atoms with van der Waals surface area (Å²) >= 11 is 1.34. The molecule has 7 heteroatoms. The van der Waals surface area contributed by atoms with E-state index < -0.39 is 5.97 Å². The Kier molecular flexibility index (Phi) is 7.05. The van der Waals surface area contributed by atoms with Crippen LogP contribution in [0.15, 0.2) is 29.6 Å². The largest absolute Gasteiger partial charge is 0.462 e. The quantitative estimate of drug-likeness (QED) is 0.723. The number of hydrogen-bond donors (Lipinski definition) is 1. The van der Waals surface area contributed by atoms with Gasteiger partial charge in [-0.1, -0.05) is 29.8 Å². The van der Waals surface area contributed by atoms with Gasteiger partial charge in [0, 0.05) is 24.0 Å². The highest BCUT2D eigenvalue weighted by molar-refractivity contribution is 7.15. The summed E-state index contributed by atoms with van der Waals surface area (Å²) in [7, 11) is 0. The zero-order valence-corrected chi connectivity index (χ0v) is 18.2. The lowest BCUT2D eigenvalue weighted by Gasteiger charge is -2.34. The lowest BCUT2D eigenvalue weighted by molar-refractivity contribution is -0.121. The van der Waals surface area contributed by atoms with Gasteiger partial charge in [0.1, 0.15) is 10.6 Å². The van der Waals surface area contributed by atoms with E-state index >= 15 is 0 Å². The number of nitrogens with zero attached hydrogens (tertiary/aromatic N) is 1. The van der Waals surface area contributed by atoms with Gasteiger partial charge in [0.25, 0.3) is 0 Å². The maximum absolute atomic E-state index is 12.7. The molecule has 1 aromatic carbocycles. The van der Waals surface area contributed by atoms with Gasteiger partial charge in [-0.3, -0.25) is 9.69 Å². The van der Waals surface area contributed by atoms with E-state index in [-0.39, 0.29) is 31.3 Å². The fourth-order valence-electron chi connectivity index (χ4n) is 3.58. The summed E-state index contributed by atoms with van der Waals surface area (Å²) in [5.74, 6) is -0.567. The summed E-state index contributed by atoms with van der Waals surface area (Å²) in [6, 6.07) is 7.95. The SMILES string of the molecule is CCOC(=O)c1c(-c2ccc(C)cc2)csc1NC(=O)CN1C[C@@H](C)O[C@H](C)C1. The Balaban J connectivity index is 1.80. The normalized spacial score (nSPS) is 19.7. The van der Waals surface area contributed by atoms with Gasteiger partial charge >= 0.3 is 5.97 Å². The van der Waals surface area contributed by atoms with E-state index in [0.717, 1.165) is 16.7 Å². The van der Waals surface area contributed by atoms with Crippen LogP contribution in [0.2, 0.25) is 0 Å². The van der Waals surface area contributed by atoms with E-state index in [2.05, 4.69) is 10.2 Å². The molecule has 0 unspecified atom stereocenters. The Morgan fingerprint density at radius 2 is 1.86 bits per heavy atom. The first-order valence-electron chi connectivity index (χ1n) is 9.90. The highest BCUT2D eigenvalue weighted by Gasteiger charge is 2.26. The molecule has 1 N–H and O–H groups in total. The van der Waals surface area contributed by atoms with Crippen LogP contribution in [0.3, 0.4) is 0 Å². The molecule has 1 aliphatic heterocycles. The second-order valence-electron chi connectivity index (χ2n) is 7.44. The first-order valence-corrected chi connectivity index (χ1v) is 10.8. The number of esters is 1. The van der Waals surface area contributed by atoms with Gasteiger partial charge in [-0.05, 0) is 33.3 Å².